The summed E-state index contributed by atoms with van der Waals surface area (Å²) in [5, 5.41) is 0. The summed E-state index contributed by atoms with van der Waals surface area (Å²) in [6.07, 6.45) is 1.71. The largest absolute Gasteiger partial charge is 0.418 e. The van der Waals surface area contributed by atoms with Crippen LogP contribution in [0, 0.1) is 0 Å². The predicted octanol–water partition coefficient (Wildman–Crippen LogP) is -0.985. The van der Waals surface area contributed by atoms with Crippen LogP contribution in [-0.4, -0.2) is 22.4 Å². The molecule has 40 valence electrons. The van der Waals surface area contributed by atoms with E-state index in [0.717, 1.165) is 12.8 Å². The molecule has 1 atom stereocenters. The van der Waals surface area contributed by atoms with Gasteiger partial charge in [0.2, 0.25) is 0 Å². The third-order valence-corrected chi connectivity index (χ3v) is 1.87. The molecule has 0 spiro atoms. The van der Waals surface area contributed by atoms with Crippen LogP contribution >= 0.6 is 0 Å². The fraction of sp³-hybridized carbons (Fsp3) is 0.750. The van der Waals surface area contributed by atoms with Crippen LogP contribution in [0.1, 0.15) is 12.8 Å². The van der Waals surface area contributed by atoms with Crippen LogP contribution in [0.25, 0.3) is 0 Å². The van der Waals surface area contributed by atoms with E-state index in [9.17, 15) is 4.79 Å². The molecule has 2 nitrogen and oxygen atoms in total. The van der Waals surface area contributed by atoms with Gasteiger partial charge in [-0.1, -0.05) is 0 Å². The van der Waals surface area contributed by atoms with Crippen molar-refractivity contribution in [2.75, 3.05) is 0 Å². The van der Waals surface area contributed by atoms with Crippen LogP contribution in [0.4, 0.5) is 0 Å². The second-order valence-corrected chi connectivity index (χ2v) is 2.20. The van der Waals surface area contributed by atoms with E-state index < -0.39 is 0 Å². The molecular formula is C4H8O2Si. The SMILES string of the molecule is O=C1CCC1O[SiH3]. The van der Waals surface area contributed by atoms with Gasteiger partial charge in [-0.2, -0.15) is 0 Å². The Morgan fingerprint density at radius 1 is 1.86 bits per heavy atom. The van der Waals surface area contributed by atoms with E-state index in [0.29, 0.717) is 10.5 Å². The number of rotatable bonds is 1. The normalized spacial score (nSPS) is 30.3. The highest BCUT2D eigenvalue weighted by Gasteiger charge is 2.26. The van der Waals surface area contributed by atoms with Crippen LogP contribution < -0.4 is 0 Å². The van der Waals surface area contributed by atoms with E-state index in [4.69, 9.17) is 4.43 Å². The van der Waals surface area contributed by atoms with Crippen LogP contribution in [-0.2, 0) is 9.22 Å². The summed E-state index contributed by atoms with van der Waals surface area (Å²) >= 11 is 0. The minimum atomic E-state index is 0.00617. The third-order valence-electron chi connectivity index (χ3n) is 1.30. The van der Waals surface area contributed by atoms with Gasteiger partial charge in [0.15, 0.2) is 5.78 Å². The van der Waals surface area contributed by atoms with Crippen molar-refractivity contribution in [3.8, 4) is 0 Å². The first-order valence-electron chi connectivity index (χ1n) is 2.40. The van der Waals surface area contributed by atoms with Gasteiger partial charge in [-0.25, -0.2) is 0 Å². The predicted molar refractivity (Wildman–Crippen MR) is 29.1 cm³/mol. The summed E-state index contributed by atoms with van der Waals surface area (Å²) in [6, 6.07) is 0. The quantitative estimate of drug-likeness (QED) is 0.411. The Morgan fingerprint density at radius 2 is 2.57 bits per heavy atom. The third kappa shape index (κ3) is 0.735. The topological polar surface area (TPSA) is 26.3 Å². The van der Waals surface area contributed by atoms with Gasteiger partial charge in [-0.05, 0) is 6.42 Å². The van der Waals surface area contributed by atoms with Gasteiger partial charge < -0.3 is 4.43 Å². The molecule has 0 amide bonds. The average molecular weight is 116 g/mol. The van der Waals surface area contributed by atoms with E-state index in [1.54, 1.807) is 0 Å². The molecule has 0 bridgehead atoms. The zero-order valence-corrected chi connectivity index (χ0v) is 6.31. The fourth-order valence-electron chi connectivity index (χ4n) is 0.629. The van der Waals surface area contributed by atoms with Crippen LogP contribution in [0.3, 0.4) is 0 Å². The molecule has 1 rings (SSSR count). The van der Waals surface area contributed by atoms with Gasteiger partial charge in [0.25, 0.3) is 0 Å². The average Bonchev–Trinajstić information content (AvgIpc) is 1.65. The molecule has 0 saturated heterocycles. The Labute approximate surface area is 45.4 Å². The van der Waals surface area contributed by atoms with Gasteiger partial charge >= 0.3 is 0 Å². The maximum absolute atomic E-state index is 10.4. The van der Waals surface area contributed by atoms with E-state index >= 15 is 0 Å². The smallest absolute Gasteiger partial charge is 0.160 e. The highest BCUT2D eigenvalue weighted by atomic mass is 28.2. The zero-order valence-electron chi connectivity index (χ0n) is 4.31. The number of hydrogen-bond donors (Lipinski definition) is 0. The lowest BCUT2D eigenvalue weighted by atomic mass is 9.95. The van der Waals surface area contributed by atoms with E-state index in [-0.39, 0.29) is 11.9 Å². The molecule has 0 heterocycles. The van der Waals surface area contributed by atoms with Crippen molar-refractivity contribution in [1.29, 1.82) is 0 Å². The van der Waals surface area contributed by atoms with Crippen LogP contribution in [0.5, 0.6) is 0 Å². The number of carbonyl (C=O) groups excluding carboxylic acids is 1. The molecule has 0 radical (unpaired) electrons. The highest BCUT2D eigenvalue weighted by Crippen LogP contribution is 2.15. The second-order valence-electron chi connectivity index (χ2n) is 1.73. The number of carbonyl (C=O) groups is 1. The molecule has 0 aromatic carbocycles. The van der Waals surface area contributed by atoms with Gasteiger partial charge in [0.05, 0.1) is 0 Å². The monoisotopic (exact) mass is 116 g/mol. The van der Waals surface area contributed by atoms with Gasteiger partial charge in [-0.3, -0.25) is 4.79 Å². The summed E-state index contributed by atoms with van der Waals surface area (Å²) in [5.41, 5.74) is 0. The lowest BCUT2D eigenvalue weighted by molar-refractivity contribution is -0.133. The Bertz CT molecular complexity index is 89.7. The van der Waals surface area contributed by atoms with Crippen molar-refractivity contribution in [1.82, 2.24) is 0 Å². The molecule has 7 heavy (non-hydrogen) atoms. The summed E-state index contributed by atoms with van der Waals surface area (Å²) in [7, 11) is 0.701. The van der Waals surface area contributed by atoms with Gasteiger partial charge in [0.1, 0.15) is 16.6 Å². The molecule has 1 unspecified atom stereocenters. The van der Waals surface area contributed by atoms with Crippen molar-refractivity contribution in [3.05, 3.63) is 0 Å². The first-order valence-corrected chi connectivity index (χ1v) is 3.22. The molecule has 1 aliphatic carbocycles. The summed E-state index contributed by atoms with van der Waals surface area (Å²) in [4.78, 5) is 10.4. The maximum Gasteiger partial charge on any atom is 0.160 e. The van der Waals surface area contributed by atoms with E-state index in [2.05, 4.69) is 0 Å². The molecule has 0 N–H and O–H groups in total. The molecule has 0 aromatic rings. The van der Waals surface area contributed by atoms with E-state index in [1.165, 1.54) is 0 Å². The summed E-state index contributed by atoms with van der Waals surface area (Å²) in [5.74, 6) is 0.287. The van der Waals surface area contributed by atoms with Crippen molar-refractivity contribution in [2.45, 2.75) is 18.9 Å². The Balaban J connectivity index is 2.29. The lowest BCUT2D eigenvalue weighted by Gasteiger charge is -2.21. The van der Waals surface area contributed by atoms with Crippen LogP contribution in [0.2, 0.25) is 0 Å². The molecule has 1 fully saturated rings. The highest BCUT2D eigenvalue weighted by molar-refractivity contribution is 6.01. The second kappa shape index (κ2) is 1.75. The Morgan fingerprint density at radius 3 is 2.57 bits per heavy atom. The molecule has 0 aromatic heterocycles. The number of hydrogen-bond acceptors (Lipinski definition) is 2. The van der Waals surface area contributed by atoms with Crippen molar-refractivity contribution >= 4 is 16.3 Å². The Kier molecular flexibility index (Phi) is 1.25. The van der Waals surface area contributed by atoms with Crippen LogP contribution in [0.15, 0.2) is 0 Å². The molecule has 1 saturated carbocycles. The zero-order chi connectivity index (χ0) is 5.28. The standard InChI is InChI=1S/C4H8O2Si/c5-3-1-2-4(3)6-7/h4H,1-2H2,7H3. The van der Waals surface area contributed by atoms with Crippen molar-refractivity contribution in [3.63, 3.8) is 0 Å². The van der Waals surface area contributed by atoms with E-state index in [1.807, 2.05) is 0 Å². The maximum atomic E-state index is 10.4. The molecule has 1 aliphatic rings. The van der Waals surface area contributed by atoms with Gasteiger partial charge in [0, 0.05) is 6.42 Å². The Hall–Kier alpha value is -0.153. The van der Waals surface area contributed by atoms with Crippen molar-refractivity contribution < 1.29 is 9.22 Å². The minimum absolute atomic E-state index is 0.00617. The summed E-state index contributed by atoms with van der Waals surface area (Å²) < 4.78 is 4.89. The summed E-state index contributed by atoms with van der Waals surface area (Å²) in [6.45, 7) is 0. The van der Waals surface area contributed by atoms with Gasteiger partial charge in [-0.15, -0.1) is 0 Å². The molecule has 3 heteroatoms. The first kappa shape index (κ1) is 4.99. The number of ketones is 1. The number of Topliss-reactive ketones (excluding diaryl/α,β-unsaturated/α-hetero) is 1. The molecule has 0 aliphatic heterocycles. The fourth-order valence-corrected chi connectivity index (χ4v) is 1.13. The lowest BCUT2D eigenvalue weighted by Crippen LogP contribution is -2.33. The van der Waals surface area contributed by atoms with Crippen molar-refractivity contribution in [2.24, 2.45) is 0 Å². The molecular weight excluding hydrogens is 108 g/mol. The first-order chi connectivity index (χ1) is 3.34. The minimum Gasteiger partial charge on any atom is -0.418 e.